The van der Waals surface area contributed by atoms with Gasteiger partial charge in [-0.2, -0.15) is 0 Å². The number of aromatic nitrogens is 1. The van der Waals surface area contributed by atoms with Gasteiger partial charge >= 0.3 is 0 Å². The first-order chi connectivity index (χ1) is 14.2. The topological polar surface area (TPSA) is 48.5 Å². The van der Waals surface area contributed by atoms with Crippen molar-refractivity contribution in [2.45, 2.75) is 51.6 Å². The van der Waals surface area contributed by atoms with E-state index in [0.717, 1.165) is 37.5 Å². The van der Waals surface area contributed by atoms with Crippen molar-refractivity contribution >= 4 is 22.9 Å². The molecule has 2 aromatic rings. The number of thiazole rings is 1. The van der Waals surface area contributed by atoms with Gasteiger partial charge in [0, 0.05) is 50.4 Å². The molecule has 1 aromatic carbocycles. The Morgan fingerprint density at radius 3 is 2.66 bits per heavy atom. The molecule has 0 saturated carbocycles. The molecule has 2 atom stereocenters. The maximum absolute atomic E-state index is 11.8. The number of nitrogens with zero attached hydrogens (tertiary/aromatic N) is 3. The van der Waals surface area contributed by atoms with Crippen molar-refractivity contribution in [1.82, 2.24) is 15.2 Å². The molecule has 3 heterocycles. The van der Waals surface area contributed by atoms with Gasteiger partial charge in [-0.25, -0.2) is 4.98 Å². The van der Waals surface area contributed by atoms with Crippen LogP contribution >= 0.6 is 11.3 Å². The van der Waals surface area contributed by atoms with Crippen LogP contribution in [0.4, 0.5) is 5.69 Å². The van der Waals surface area contributed by atoms with E-state index in [1.165, 1.54) is 43.6 Å². The second-order valence-electron chi connectivity index (χ2n) is 8.40. The zero-order valence-corrected chi connectivity index (χ0v) is 18.2. The molecule has 4 rings (SSSR count). The van der Waals surface area contributed by atoms with Gasteiger partial charge in [-0.05, 0) is 62.3 Å². The first-order valence-corrected chi connectivity index (χ1v) is 11.8. The van der Waals surface area contributed by atoms with Crippen molar-refractivity contribution in [3.05, 3.63) is 46.4 Å². The zero-order chi connectivity index (χ0) is 20.1. The highest BCUT2D eigenvalue weighted by Gasteiger charge is 2.30. The molecular weight excluding hydrogens is 380 g/mol. The van der Waals surface area contributed by atoms with Gasteiger partial charge < -0.3 is 10.2 Å². The monoisotopic (exact) mass is 412 g/mol. The predicted molar refractivity (Wildman–Crippen MR) is 119 cm³/mol. The van der Waals surface area contributed by atoms with E-state index in [9.17, 15) is 4.79 Å². The number of benzene rings is 1. The smallest absolute Gasteiger partial charge is 0.217 e. The van der Waals surface area contributed by atoms with Gasteiger partial charge in [0.1, 0.15) is 5.01 Å². The number of nitrogens with one attached hydrogen (secondary N) is 1. The van der Waals surface area contributed by atoms with Gasteiger partial charge in [0.2, 0.25) is 5.91 Å². The van der Waals surface area contributed by atoms with Crippen LogP contribution in [0.2, 0.25) is 0 Å². The first-order valence-electron chi connectivity index (χ1n) is 10.9. The minimum absolute atomic E-state index is 0.0237. The van der Waals surface area contributed by atoms with Crippen molar-refractivity contribution in [3.63, 3.8) is 0 Å². The highest BCUT2D eigenvalue weighted by molar-refractivity contribution is 7.09. The molecule has 1 aromatic heterocycles. The van der Waals surface area contributed by atoms with E-state index in [-0.39, 0.29) is 11.9 Å². The van der Waals surface area contributed by atoms with Gasteiger partial charge in [0.25, 0.3) is 0 Å². The second-order valence-corrected chi connectivity index (χ2v) is 9.33. The summed E-state index contributed by atoms with van der Waals surface area (Å²) in [6.45, 7) is 7.07. The highest BCUT2D eigenvalue weighted by atomic mass is 32.1. The summed E-state index contributed by atoms with van der Waals surface area (Å²) in [6.07, 6.45) is 8.12. The summed E-state index contributed by atoms with van der Waals surface area (Å²) in [5.41, 5.74) is 2.73. The number of carbonyl (C=O) groups is 1. The Morgan fingerprint density at radius 1 is 1.17 bits per heavy atom. The number of hydrogen-bond donors (Lipinski definition) is 1. The summed E-state index contributed by atoms with van der Waals surface area (Å²) in [6, 6.07) is 9.19. The summed E-state index contributed by atoms with van der Waals surface area (Å²) in [5.74, 6) is 0.432. The predicted octanol–water partition coefficient (Wildman–Crippen LogP) is 4.22. The van der Waals surface area contributed by atoms with E-state index in [1.807, 2.05) is 11.6 Å². The molecule has 0 aliphatic carbocycles. The molecule has 156 valence electrons. The third-order valence-electron chi connectivity index (χ3n) is 6.15. The van der Waals surface area contributed by atoms with E-state index in [0.29, 0.717) is 5.92 Å². The fourth-order valence-corrected chi connectivity index (χ4v) is 5.50. The Balaban J connectivity index is 1.38. The minimum atomic E-state index is 0.0237. The summed E-state index contributed by atoms with van der Waals surface area (Å²) < 4.78 is 0. The Kier molecular flexibility index (Phi) is 6.82. The van der Waals surface area contributed by atoms with Crippen LogP contribution in [0.1, 0.15) is 55.6 Å². The normalized spacial score (nSPS) is 21.7. The van der Waals surface area contributed by atoms with Crippen molar-refractivity contribution in [1.29, 1.82) is 0 Å². The van der Waals surface area contributed by atoms with Crippen LogP contribution in [0, 0.1) is 5.92 Å². The molecule has 0 radical (unpaired) electrons. The van der Waals surface area contributed by atoms with E-state index < -0.39 is 0 Å². The number of carbonyl (C=O) groups excluding carboxylic acids is 1. The molecule has 2 aliphatic rings. The molecule has 2 aliphatic heterocycles. The Hall–Kier alpha value is -1.92. The van der Waals surface area contributed by atoms with Crippen LogP contribution in [-0.2, 0) is 11.3 Å². The molecule has 29 heavy (non-hydrogen) atoms. The maximum Gasteiger partial charge on any atom is 0.217 e. The molecule has 2 saturated heterocycles. The van der Waals surface area contributed by atoms with Crippen LogP contribution < -0.4 is 10.2 Å². The number of anilines is 1. The SMILES string of the molecule is CC(=O)N[C@H](c1nccs1)[C@@H]1CCCN(Cc2ccc(N3CCCCC3)cc2)C1. The summed E-state index contributed by atoms with van der Waals surface area (Å²) in [4.78, 5) is 21.3. The standard InChI is InChI=1S/C23H32N4OS/c1-18(28)25-22(23-24-11-15-29-23)20-6-5-12-26(17-20)16-19-7-9-21(10-8-19)27-13-3-2-4-14-27/h7-11,15,20,22H,2-6,12-14,16-17H2,1H3,(H,25,28)/t20-,22+/m1/s1. The van der Waals surface area contributed by atoms with Crippen molar-refractivity contribution in [3.8, 4) is 0 Å². The molecular formula is C23H32N4OS. The van der Waals surface area contributed by atoms with Gasteiger partial charge in [0.15, 0.2) is 0 Å². The number of amides is 1. The summed E-state index contributed by atoms with van der Waals surface area (Å²) in [5, 5.41) is 6.18. The van der Waals surface area contributed by atoms with Gasteiger partial charge in [-0.1, -0.05) is 12.1 Å². The Morgan fingerprint density at radius 2 is 1.97 bits per heavy atom. The van der Waals surface area contributed by atoms with Gasteiger partial charge in [-0.3, -0.25) is 9.69 Å². The van der Waals surface area contributed by atoms with Crippen molar-refractivity contribution < 1.29 is 4.79 Å². The van der Waals surface area contributed by atoms with E-state index >= 15 is 0 Å². The summed E-state index contributed by atoms with van der Waals surface area (Å²) >= 11 is 1.64. The van der Waals surface area contributed by atoms with Crippen molar-refractivity contribution in [2.75, 3.05) is 31.1 Å². The molecule has 0 bridgehead atoms. The third-order valence-corrected chi connectivity index (χ3v) is 7.01. The van der Waals surface area contributed by atoms with E-state index in [2.05, 4.69) is 44.4 Å². The lowest BCUT2D eigenvalue weighted by Crippen LogP contribution is -2.42. The Labute approximate surface area is 178 Å². The van der Waals surface area contributed by atoms with Gasteiger partial charge in [-0.15, -0.1) is 11.3 Å². The molecule has 0 spiro atoms. The molecule has 0 unspecified atom stereocenters. The van der Waals surface area contributed by atoms with E-state index in [1.54, 1.807) is 18.3 Å². The maximum atomic E-state index is 11.8. The average Bonchev–Trinajstić information content (AvgIpc) is 3.28. The largest absolute Gasteiger partial charge is 0.372 e. The number of likely N-dealkylation sites (tertiary alicyclic amines) is 1. The molecule has 2 fully saturated rings. The quantitative estimate of drug-likeness (QED) is 0.772. The van der Waals surface area contributed by atoms with Crippen LogP contribution in [0.5, 0.6) is 0 Å². The Bertz CT molecular complexity index is 771. The summed E-state index contributed by atoms with van der Waals surface area (Å²) in [7, 11) is 0. The highest BCUT2D eigenvalue weighted by Crippen LogP contribution is 2.31. The van der Waals surface area contributed by atoms with Crippen LogP contribution in [0.25, 0.3) is 0 Å². The number of rotatable bonds is 6. The lowest BCUT2D eigenvalue weighted by atomic mass is 9.90. The van der Waals surface area contributed by atoms with Crippen LogP contribution in [0.3, 0.4) is 0 Å². The fourth-order valence-electron chi connectivity index (χ4n) is 4.72. The number of hydrogen-bond acceptors (Lipinski definition) is 5. The van der Waals surface area contributed by atoms with Crippen molar-refractivity contribution in [2.24, 2.45) is 5.92 Å². The molecule has 1 amide bonds. The average molecular weight is 413 g/mol. The fraction of sp³-hybridized carbons (Fsp3) is 0.565. The molecule has 1 N–H and O–H groups in total. The first kappa shape index (κ1) is 20.4. The third kappa shape index (κ3) is 5.37. The van der Waals surface area contributed by atoms with E-state index in [4.69, 9.17) is 0 Å². The lowest BCUT2D eigenvalue weighted by molar-refractivity contribution is -0.120. The van der Waals surface area contributed by atoms with Crippen LogP contribution in [0.15, 0.2) is 35.8 Å². The van der Waals surface area contributed by atoms with Crippen LogP contribution in [-0.4, -0.2) is 42.0 Å². The minimum Gasteiger partial charge on any atom is -0.372 e. The number of piperidine rings is 2. The van der Waals surface area contributed by atoms with Gasteiger partial charge in [0.05, 0.1) is 6.04 Å². The lowest BCUT2D eigenvalue weighted by Gasteiger charge is -2.36. The zero-order valence-electron chi connectivity index (χ0n) is 17.3. The molecule has 5 nitrogen and oxygen atoms in total. The molecule has 6 heteroatoms. The second kappa shape index (κ2) is 9.72.